The predicted molar refractivity (Wildman–Crippen MR) is 54.3 cm³/mol. The van der Waals surface area contributed by atoms with Crippen molar-refractivity contribution in [3.63, 3.8) is 0 Å². The molecule has 0 fully saturated rings. The lowest BCUT2D eigenvalue weighted by Crippen LogP contribution is -1.84. The van der Waals surface area contributed by atoms with Gasteiger partial charge in [-0.25, -0.2) is 0 Å². The van der Waals surface area contributed by atoms with E-state index in [2.05, 4.69) is 0 Å². The Bertz CT molecular complexity index is 419. The third-order valence-corrected chi connectivity index (χ3v) is 3.36. The van der Waals surface area contributed by atoms with Crippen molar-refractivity contribution in [2.75, 3.05) is 0 Å². The van der Waals surface area contributed by atoms with Gasteiger partial charge in [0, 0.05) is 4.88 Å². The fraction of sp³-hybridized carbons (Fsp3) is 0. The van der Waals surface area contributed by atoms with E-state index < -0.39 is 0 Å². The summed E-state index contributed by atoms with van der Waals surface area (Å²) in [6.07, 6.45) is 0. The van der Waals surface area contributed by atoms with Gasteiger partial charge in [-0.2, -0.15) is 0 Å². The average Bonchev–Trinajstić information content (AvgIpc) is 2.74. The van der Waals surface area contributed by atoms with Crippen LogP contribution in [0.3, 0.4) is 0 Å². The maximum atomic E-state index is 10.6. The predicted octanol–water partition coefficient (Wildman–Crippen LogP) is 3.38. The molecule has 0 atom stereocenters. The molecule has 0 bridgehead atoms. The number of nitro groups is 1. The van der Waals surface area contributed by atoms with Gasteiger partial charge in [-0.15, -0.1) is 11.3 Å². The summed E-state index contributed by atoms with van der Waals surface area (Å²) in [4.78, 5) is 11.2. The van der Waals surface area contributed by atoms with Gasteiger partial charge in [-0.1, -0.05) is 17.4 Å². The number of thiophene rings is 2. The van der Waals surface area contributed by atoms with Crippen molar-refractivity contribution in [1.29, 1.82) is 0 Å². The highest BCUT2D eigenvalue weighted by atomic mass is 32.1. The highest BCUT2D eigenvalue weighted by molar-refractivity contribution is 7.16. The van der Waals surface area contributed by atoms with Gasteiger partial charge in [-0.3, -0.25) is 10.1 Å². The molecule has 0 saturated carbocycles. The van der Waals surface area contributed by atoms with Crippen LogP contribution < -0.4 is 0 Å². The van der Waals surface area contributed by atoms with Gasteiger partial charge in [-0.05, 0) is 22.9 Å². The molecule has 2 aromatic rings. The zero-order valence-electron chi connectivity index (χ0n) is 6.47. The maximum Gasteiger partial charge on any atom is 0.332 e. The molecule has 0 saturated heterocycles. The van der Waals surface area contributed by atoms with E-state index in [-0.39, 0.29) is 9.92 Å². The first-order valence-corrected chi connectivity index (χ1v) is 5.31. The van der Waals surface area contributed by atoms with Gasteiger partial charge in [0.05, 0.1) is 10.5 Å². The fourth-order valence-electron chi connectivity index (χ4n) is 1.06. The summed E-state index contributed by atoms with van der Waals surface area (Å²) in [5.41, 5.74) is 0.727. The minimum absolute atomic E-state index is 0.224. The molecule has 0 N–H and O–H groups in total. The van der Waals surface area contributed by atoms with Crippen LogP contribution in [-0.4, -0.2) is 4.92 Å². The molecule has 2 heterocycles. The molecule has 66 valence electrons. The van der Waals surface area contributed by atoms with Crippen LogP contribution in [0.1, 0.15) is 0 Å². The third kappa shape index (κ3) is 1.48. The fourth-order valence-corrected chi connectivity index (χ4v) is 2.60. The highest BCUT2D eigenvalue weighted by Crippen LogP contribution is 2.36. The molecule has 0 unspecified atom stereocenters. The Hall–Kier alpha value is -1.20. The Kier molecular flexibility index (Phi) is 2.12. The van der Waals surface area contributed by atoms with Crippen LogP contribution in [-0.2, 0) is 0 Å². The Balaban J connectivity index is 2.52. The standard InChI is InChI=1S/C8H5NO2S2/c10-9(11)8-6(3-5-13-8)7-2-1-4-12-7/h1-5H. The van der Waals surface area contributed by atoms with E-state index in [1.807, 2.05) is 17.5 Å². The van der Waals surface area contributed by atoms with Crippen LogP contribution in [0, 0.1) is 10.1 Å². The Morgan fingerprint density at radius 3 is 2.69 bits per heavy atom. The summed E-state index contributed by atoms with van der Waals surface area (Å²) in [5.74, 6) is 0. The zero-order chi connectivity index (χ0) is 9.26. The average molecular weight is 211 g/mol. The van der Waals surface area contributed by atoms with E-state index in [0.717, 1.165) is 21.8 Å². The van der Waals surface area contributed by atoms with Crippen LogP contribution in [0.25, 0.3) is 10.4 Å². The van der Waals surface area contributed by atoms with Crippen molar-refractivity contribution >= 4 is 27.7 Å². The zero-order valence-corrected chi connectivity index (χ0v) is 8.10. The number of nitrogens with zero attached hydrogens (tertiary/aromatic N) is 1. The molecule has 0 amide bonds. The molecule has 0 radical (unpaired) electrons. The van der Waals surface area contributed by atoms with Crippen molar-refractivity contribution in [3.8, 4) is 10.4 Å². The van der Waals surface area contributed by atoms with Gasteiger partial charge in [0.1, 0.15) is 0 Å². The Morgan fingerprint density at radius 2 is 2.08 bits per heavy atom. The molecule has 0 aliphatic heterocycles. The Labute approximate surface area is 82.4 Å². The monoisotopic (exact) mass is 211 g/mol. The summed E-state index contributed by atoms with van der Waals surface area (Å²) in [6, 6.07) is 5.57. The largest absolute Gasteiger partial charge is 0.332 e. The summed E-state index contributed by atoms with van der Waals surface area (Å²) in [7, 11) is 0. The molecule has 0 aliphatic carbocycles. The second-order valence-electron chi connectivity index (χ2n) is 2.37. The Morgan fingerprint density at radius 1 is 1.23 bits per heavy atom. The van der Waals surface area contributed by atoms with E-state index in [9.17, 15) is 10.1 Å². The molecular formula is C8H5NO2S2. The van der Waals surface area contributed by atoms with Crippen molar-refractivity contribution < 1.29 is 4.92 Å². The number of hydrogen-bond acceptors (Lipinski definition) is 4. The summed E-state index contributed by atoms with van der Waals surface area (Å²) in [6.45, 7) is 0. The van der Waals surface area contributed by atoms with Gasteiger partial charge in [0.25, 0.3) is 0 Å². The van der Waals surface area contributed by atoms with Crippen LogP contribution in [0.15, 0.2) is 29.0 Å². The lowest BCUT2D eigenvalue weighted by Gasteiger charge is -1.90. The van der Waals surface area contributed by atoms with Crippen LogP contribution in [0.2, 0.25) is 0 Å². The van der Waals surface area contributed by atoms with E-state index in [0.29, 0.717) is 0 Å². The lowest BCUT2D eigenvalue weighted by atomic mass is 10.3. The molecule has 0 aromatic carbocycles. The highest BCUT2D eigenvalue weighted by Gasteiger charge is 2.16. The first kappa shape index (κ1) is 8.40. The van der Waals surface area contributed by atoms with Crippen LogP contribution >= 0.6 is 22.7 Å². The molecule has 2 aromatic heterocycles. The summed E-state index contributed by atoms with van der Waals surface area (Å²) < 4.78 is 0. The van der Waals surface area contributed by atoms with Crippen LogP contribution in [0.5, 0.6) is 0 Å². The van der Waals surface area contributed by atoms with Crippen molar-refractivity contribution in [2.45, 2.75) is 0 Å². The maximum absolute atomic E-state index is 10.6. The van der Waals surface area contributed by atoms with Crippen molar-refractivity contribution in [2.24, 2.45) is 0 Å². The van der Waals surface area contributed by atoms with Gasteiger partial charge in [0.15, 0.2) is 0 Å². The molecule has 0 aliphatic rings. The van der Waals surface area contributed by atoms with E-state index in [1.165, 1.54) is 11.3 Å². The molecule has 3 nitrogen and oxygen atoms in total. The smallest absolute Gasteiger partial charge is 0.258 e. The molecule has 0 spiro atoms. The van der Waals surface area contributed by atoms with E-state index in [4.69, 9.17) is 0 Å². The molecule has 5 heteroatoms. The van der Waals surface area contributed by atoms with Gasteiger partial charge < -0.3 is 0 Å². The summed E-state index contributed by atoms with van der Waals surface area (Å²) in [5, 5.41) is 14.5. The topological polar surface area (TPSA) is 43.1 Å². The van der Waals surface area contributed by atoms with Crippen molar-refractivity contribution in [1.82, 2.24) is 0 Å². The van der Waals surface area contributed by atoms with Crippen molar-refractivity contribution in [3.05, 3.63) is 39.1 Å². The summed E-state index contributed by atoms with van der Waals surface area (Å²) >= 11 is 2.68. The lowest BCUT2D eigenvalue weighted by molar-refractivity contribution is -0.379. The first-order chi connectivity index (χ1) is 6.29. The second kappa shape index (κ2) is 3.27. The minimum Gasteiger partial charge on any atom is -0.258 e. The quantitative estimate of drug-likeness (QED) is 0.564. The molecular weight excluding hydrogens is 206 g/mol. The molecule has 13 heavy (non-hydrogen) atoms. The number of rotatable bonds is 2. The second-order valence-corrected chi connectivity index (χ2v) is 4.22. The van der Waals surface area contributed by atoms with E-state index >= 15 is 0 Å². The third-order valence-electron chi connectivity index (χ3n) is 1.60. The van der Waals surface area contributed by atoms with Crippen LogP contribution in [0.4, 0.5) is 5.00 Å². The molecule has 2 rings (SSSR count). The van der Waals surface area contributed by atoms with Gasteiger partial charge in [0.2, 0.25) is 0 Å². The van der Waals surface area contributed by atoms with E-state index in [1.54, 1.807) is 11.4 Å². The normalized spacial score (nSPS) is 10.2. The minimum atomic E-state index is -0.334. The number of hydrogen-bond donors (Lipinski definition) is 0. The SMILES string of the molecule is O=[N+]([O-])c1sccc1-c1cccs1. The first-order valence-electron chi connectivity index (χ1n) is 3.55. The van der Waals surface area contributed by atoms with Gasteiger partial charge >= 0.3 is 5.00 Å².